The summed E-state index contributed by atoms with van der Waals surface area (Å²) in [4.78, 5) is 20.7. The maximum Gasteiger partial charge on any atom is 0.290 e. The molecule has 0 fully saturated rings. The second-order valence-corrected chi connectivity index (χ2v) is 5.38. The Labute approximate surface area is 123 Å². The van der Waals surface area contributed by atoms with Crippen LogP contribution in [0.2, 0.25) is 5.02 Å². The summed E-state index contributed by atoms with van der Waals surface area (Å²) in [5.74, 6) is 0.385. The molecule has 0 bridgehead atoms. The van der Waals surface area contributed by atoms with Gasteiger partial charge < -0.3 is 0 Å². The molecule has 0 radical (unpaired) electrons. The van der Waals surface area contributed by atoms with Crippen molar-refractivity contribution in [2.24, 2.45) is 0 Å². The lowest BCUT2D eigenvalue weighted by Crippen LogP contribution is -2.26. The van der Waals surface area contributed by atoms with E-state index in [0.29, 0.717) is 5.82 Å². The van der Waals surface area contributed by atoms with Crippen LogP contribution in [0.4, 0.5) is 0 Å². The van der Waals surface area contributed by atoms with Crippen molar-refractivity contribution >= 4 is 17.5 Å². The molecular formula is C14H17ClN4O. The highest BCUT2D eigenvalue weighted by molar-refractivity contribution is 6.33. The summed E-state index contributed by atoms with van der Waals surface area (Å²) in [7, 11) is 0. The third kappa shape index (κ3) is 2.82. The molecule has 0 spiro atoms. The van der Waals surface area contributed by atoms with E-state index >= 15 is 0 Å². The predicted octanol–water partition coefficient (Wildman–Crippen LogP) is 3.06. The van der Waals surface area contributed by atoms with Gasteiger partial charge in [0.05, 0.1) is 11.2 Å². The highest BCUT2D eigenvalue weighted by Crippen LogP contribution is 2.17. The van der Waals surface area contributed by atoms with E-state index in [-0.39, 0.29) is 22.5 Å². The number of halogens is 1. The van der Waals surface area contributed by atoms with Gasteiger partial charge in [-0.2, -0.15) is 0 Å². The fourth-order valence-electron chi connectivity index (χ4n) is 1.82. The Morgan fingerprint density at radius 3 is 2.45 bits per heavy atom. The molecule has 2 heterocycles. The molecule has 20 heavy (non-hydrogen) atoms. The standard InChI is InChI=1S/C14H17ClN4O/c1-8(2)13-16-7-11(15)12(17-13)14(20)18-19-9(3)5-6-10(19)4/h5-8H,1-4H3,(H,18,20). The second-order valence-electron chi connectivity index (χ2n) is 4.97. The van der Waals surface area contributed by atoms with Gasteiger partial charge in [-0.25, -0.2) is 9.97 Å². The molecular weight excluding hydrogens is 276 g/mol. The summed E-state index contributed by atoms with van der Waals surface area (Å²) >= 11 is 6.02. The van der Waals surface area contributed by atoms with Crippen LogP contribution in [0.3, 0.4) is 0 Å². The first-order valence-electron chi connectivity index (χ1n) is 6.39. The first kappa shape index (κ1) is 14.5. The van der Waals surface area contributed by atoms with Crippen LogP contribution in [0.1, 0.15) is 47.5 Å². The monoisotopic (exact) mass is 292 g/mol. The van der Waals surface area contributed by atoms with E-state index in [0.717, 1.165) is 11.4 Å². The smallest absolute Gasteiger partial charge is 0.266 e. The third-order valence-electron chi connectivity index (χ3n) is 2.98. The molecule has 0 aromatic carbocycles. The summed E-state index contributed by atoms with van der Waals surface area (Å²) in [5.41, 5.74) is 4.85. The van der Waals surface area contributed by atoms with E-state index in [1.807, 2.05) is 39.8 Å². The molecule has 0 unspecified atom stereocenters. The van der Waals surface area contributed by atoms with Crippen LogP contribution < -0.4 is 5.43 Å². The van der Waals surface area contributed by atoms with E-state index in [2.05, 4.69) is 15.4 Å². The average Bonchev–Trinajstić information content (AvgIpc) is 2.70. The number of rotatable bonds is 3. The van der Waals surface area contributed by atoms with Crippen molar-refractivity contribution in [3.63, 3.8) is 0 Å². The van der Waals surface area contributed by atoms with Crippen LogP contribution >= 0.6 is 11.6 Å². The van der Waals surface area contributed by atoms with Gasteiger partial charge in [0.2, 0.25) is 0 Å². The van der Waals surface area contributed by atoms with Crippen molar-refractivity contribution in [2.75, 3.05) is 5.43 Å². The highest BCUT2D eigenvalue weighted by Gasteiger charge is 2.16. The number of nitrogens with zero attached hydrogens (tertiary/aromatic N) is 3. The molecule has 0 aliphatic heterocycles. The maximum absolute atomic E-state index is 12.3. The summed E-state index contributed by atoms with van der Waals surface area (Å²) in [5, 5.41) is 0.245. The Balaban J connectivity index is 2.32. The summed E-state index contributed by atoms with van der Waals surface area (Å²) < 4.78 is 1.70. The van der Waals surface area contributed by atoms with Crippen molar-refractivity contribution in [3.8, 4) is 0 Å². The Morgan fingerprint density at radius 1 is 1.30 bits per heavy atom. The number of aromatic nitrogens is 3. The minimum atomic E-state index is -0.346. The van der Waals surface area contributed by atoms with Crippen LogP contribution in [0.15, 0.2) is 18.3 Å². The van der Waals surface area contributed by atoms with Gasteiger partial charge in [-0.05, 0) is 26.0 Å². The van der Waals surface area contributed by atoms with Gasteiger partial charge in [-0.15, -0.1) is 0 Å². The Morgan fingerprint density at radius 2 is 1.90 bits per heavy atom. The number of carbonyl (C=O) groups is 1. The van der Waals surface area contributed by atoms with Crippen molar-refractivity contribution < 1.29 is 4.79 Å². The van der Waals surface area contributed by atoms with E-state index < -0.39 is 0 Å². The van der Waals surface area contributed by atoms with Crippen molar-refractivity contribution in [1.29, 1.82) is 0 Å². The number of aryl methyl sites for hydroxylation is 2. The minimum Gasteiger partial charge on any atom is -0.266 e. The lowest BCUT2D eigenvalue weighted by Gasteiger charge is -2.12. The minimum absolute atomic E-state index is 0.133. The van der Waals surface area contributed by atoms with E-state index in [4.69, 9.17) is 11.6 Å². The fraction of sp³-hybridized carbons (Fsp3) is 0.357. The van der Waals surface area contributed by atoms with Crippen LogP contribution in [0.5, 0.6) is 0 Å². The molecule has 0 aliphatic carbocycles. The van der Waals surface area contributed by atoms with Gasteiger partial charge in [-0.3, -0.25) is 14.9 Å². The van der Waals surface area contributed by atoms with Crippen molar-refractivity contribution in [2.45, 2.75) is 33.6 Å². The van der Waals surface area contributed by atoms with Gasteiger partial charge >= 0.3 is 0 Å². The molecule has 5 nitrogen and oxygen atoms in total. The zero-order valence-corrected chi connectivity index (χ0v) is 12.7. The summed E-state index contributed by atoms with van der Waals surface area (Å²) in [6, 6.07) is 3.85. The van der Waals surface area contributed by atoms with E-state index in [9.17, 15) is 4.79 Å². The van der Waals surface area contributed by atoms with Gasteiger partial charge in [-0.1, -0.05) is 25.4 Å². The van der Waals surface area contributed by atoms with Crippen molar-refractivity contribution in [1.82, 2.24) is 14.6 Å². The normalized spacial score (nSPS) is 10.9. The maximum atomic E-state index is 12.3. The Hall–Kier alpha value is -1.88. The fourth-order valence-corrected chi connectivity index (χ4v) is 1.99. The third-order valence-corrected chi connectivity index (χ3v) is 3.26. The van der Waals surface area contributed by atoms with Gasteiger partial charge in [0, 0.05) is 17.3 Å². The molecule has 6 heteroatoms. The molecule has 2 rings (SSSR count). The largest absolute Gasteiger partial charge is 0.290 e. The number of carbonyl (C=O) groups excluding carboxylic acids is 1. The first-order valence-corrected chi connectivity index (χ1v) is 6.76. The van der Waals surface area contributed by atoms with E-state index in [1.54, 1.807) is 4.68 Å². The highest BCUT2D eigenvalue weighted by atomic mass is 35.5. The number of nitrogens with one attached hydrogen (secondary N) is 1. The molecule has 0 aliphatic rings. The molecule has 2 aromatic heterocycles. The van der Waals surface area contributed by atoms with Gasteiger partial charge in [0.1, 0.15) is 5.82 Å². The number of amides is 1. The van der Waals surface area contributed by atoms with Crippen LogP contribution in [0.25, 0.3) is 0 Å². The molecule has 106 valence electrons. The zero-order valence-electron chi connectivity index (χ0n) is 11.9. The number of hydrogen-bond donors (Lipinski definition) is 1. The Kier molecular flexibility index (Phi) is 4.09. The first-order chi connectivity index (χ1) is 9.40. The Bertz CT molecular complexity index is 629. The molecule has 0 saturated carbocycles. The summed E-state index contributed by atoms with van der Waals surface area (Å²) in [6.07, 6.45) is 1.47. The van der Waals surface area contributed by atoms with Crippen molar-refractivity contribution in [3.05, 3.63) is 46.3 Å². The zero-order chi connectivity index (χ0) is 14.9. The quantitative estimate of drug-likeness (QED) is 0.946. The van der Waals surface area contributed by atoms with Crippen LogP contribution in [-0.4, -0.2) is 20.6 Å². The van der Waals surface area contributed by atoms with Gasteiger partial charge in [0.15, 0.2) is 5.69 Å². The molecule has 2 aromatic rings. The van der Waals surface area contributed by atoms with E-state index in [1.165, 1.54) is 6.20 Å². The van der Waals surface area contributed by atoms with Crippen LogP contribution in [0, 0.1) is 13.8 Å². The lowest BCUT2D eigenvalue weighted by molar-refractivity contribution is 0.100. The summed E-state index contributed by atoms with van der Waals surface area (Å²) in [6.45, 7) is 7.75. The molecule has 0 atom stereocenters. The average molecular weight is 293 g/mol. The van der Waals surface area contributed by atoms with Crippen LogP contribution in [-0.2, 0) is 0 Å². The topological polar surface area (TPSA) is 59.8 Å². The second kappa shape index (κ2) is 5.63. The van der Waals surface area contributed by atoms with Gasteiger partial charge in [0.25, 0.3) is 5.91 Å². The SMILES string of the molecule is Cc1ccc(C)n1NC(=O)c1nc(C(C)C)ncc1Cl. The molecule has 1 N–H and O–H groups in total. The molecule has 0 saturated heterocycles. The number of hydrogen-bond acceptors (Lipinski definition) is 3. The molecule has 1 amide bonds. The lowest BCUT2D eigenvalue weighted by atomic mass is 10.2. The predicted molar refractivity (Wildman–Crippen MR) is 78.7 cm³/mol.